The molecule has 2 atom stereocenters. The van der Waals surface area contributed by atoms with Crippen LogP contribution in [0.4, 0.5) is 0 Å². The summed E-state index contributed by atoms with van der Waals surface area (Å²) >= 11 is 0. The quantitative estimate of drug-likeness (QED) is 0.626. The van der Waals surface area contributed by atoms with E-state index in [9.17, 15) is 14.7 Å². The average Bonchev–Trinajstić information content (AvgIpc) is 3.02. The van der Waals surface area contributed by atoms with Crippen LogP contribution in [0.15, 0.2) is 25.8 Å². The highest BCUT2D eigenvalue weighted by Gasteiger charge is 2.43. The Labute approximate surface area is 180 Å². The molecule has 1 saturated heterocycles. The second kappa shape index (κ2) is 7.23. The first-order valence-corrected chi connectivity index (χ1v) is 11.2. The number of benzene rings is 1. The van der Waals surface area contributed by atoms with Crippen molar-refractivity contribution >= 4 is 27.8 Å². The molecule has 2 fully saturated rings. The lowest BCUT2D eigenvalue weighted by Gasteiger charge is -2.47. The Morgan fingerprint density at radius 3 is 2.65 bits per heavy atom. The highest BCUT2D eigenvalue weighted by atomic mass is 16.4. The molecule has 1 aliphatic carbocycles. The molecule has 2 aliphatic rings. The van der Waals surface area contributed by atoms with Crippen LogP contribution >= 0.6 is 0 Å². The standard InChI is InChI=1S/C25H29NO5/c1-14-16(3)30-21-12-22-19(10-18(14)21)15(2)20(24(28)31-22)11-23(27)26-9-8-25(29)7-5-4-6-17(25)13-26/h10,12,17,29H,4-9,11,13H2,1-3H3/t17-,25+/m0/s1. The van der Waals surface area contributed by atoms with Gasteiger partial charge in [-0.2, -0.15) is 0 Å². The summed E-state index contributed by atoms with van der Waals surface area (Å²) in [5, 5.41) is 12.7. The number of aliphatic hydroxyl groups is 1. The number of nitrogens with zero attached hydrogens (tertiary/aromatic N) is 1. The van der Waals surface area contributed by atoms with E-state index in [-0.39, 0.29) is 18.2 Å². The molecule has 2 aromatic heterocycles. The highest BCUT2D eigenvalue weighted by Crippen LogP contribution is 2.40. The van der Waals surface area contributed by atoms with E-state index < -0.39 is 11.2 Å². The van der Waals surface area contributed by atoms with Crippen LogP contribution < -0.4 is 5.63 Å². The van der Waals surface area contributed by atoms with Gasteiger partial charge >= 0.3 is 5.63 Å². The van der Waals surface area contributed by atoms with Crippen LogP contribution in [0.2, 0.25) is 0 Å². The van der Waals surface area contributed by atoms with E-state index in [0.29, 0.717) is 36.2 Å². The van der Waals surface area contributed by atoms with Crippen molar-refractivity contribution in [1.29, 1.82) is 0 Å². The summed E-state index contributed by atoms with van der Waals surface area (Å²) in [5.41, 5.74) is 2.34. The summed E-state index contributed by atoms with van der Waals surface area (Å²) < 4.78 is 11.4. The number of furan rings is 1. The average molecular weight is 424 g/mol. The molecule has 1 aromatic carbocycles. The first kappa shape index (κ1) is 20.3. The zero-order valence-corrected chi connectivity index (χ0v) is 18.4. The molecule has 1 N–H and O–H groups in total. The number of piperidine rings is 1. The molecular formula is C25H29NO5. The van der Waals surface area contributed by atoms with E-state index in [4.69, 9.17) is 8.83 Å². The fraction of sp³-hybridized carbons (Fsp3) is 0.520. The van der Waals surface area contributed by atoms with Gasteiger partial charge in [0.25, 0.3) is 0 Å². The molecule has 164 valence electrons. The molecule has 3 aromatic rings. The monoisotopic (exact) mass is 423 g/mol. The van der Waals surface area contributed by atoms with Crippen molar-refractivity contribution in [1.82, 2.24) is 4.90 Å². The van der Waals surface area contributed by atoms with Crippen LogP contribution in [0.5, 0.6) is 0 Å². The minimum absolute atomic E-state index is 0.0245. The normalized spacial score (nSPS) is 24.0. The summed E-state index contributed by atoms with van der Waals surface area (Å²) in [6, 6.07) is 3.75. The number of aryl methyl sites for hydroxylation is 3. The van der Waals surface area contributed by atoms with Crippen LogP contribution in [0.1, 0.15) is 54.6 Å². The van der Waals surface area contributed by atoms with Gasteiger partial charge in [-0.1, -0.05) is 12.8 Å². The Hall–Kier alpha value is -2.60. The second-order valence-corrected chi connectivity index (χ2v) is 9.43. The third kappa shape index (κ3) is 3.28. The third-order valence-corrected chi connectivity index (χ3v) is 7.69. The first-order chi connectivity index (χ1) is 14.8. The molecule has 5 rings (SSSR count). The molecular weight excluding hydrogens is 394 g/mol. The predicted molar refractivity (Wildman–Crippen MR) is 118 cm³/mol. The van der Waals surface area contributed by atoms with E-state index in [0.717, 1.165) is 53.3 Å². The Kier molecular flexibility index (Phi) is 4.74. The van der Waals surface area contributed by atoms with Crippen molar-refractivity contribution in [2.24, 2.45) is 5.92 Å². The topological polar surface area (TPSA) is 83.9 Å². The summed E-state index contributed by atoms with van der Waals surface area (Å²) in [4.78, 5) is 27.7. The maximum absolute atomic E-state index is 13.1. The van der Waals surface area contributed by atoms with Crippen LogP contribution in [0.25, 0.3) is 21.9 Å². The Morgan fingerprint density at radius 2 is 1.84 bits per heavy atom. The van der Waals surface area contributed by atoms with Crippen LogP contribution in [-0.2, 0) is 11.2 Å². The number of hydrogen-bond acceptors (Lipinski definition) is 5. The van der Waals surface area contributed by atoms with Gasteiger partial charge in [0, 0.05) is 35.8 Å². The van der Waals surface area contributed by atoms with Crippen molar-refractivity contribution in [2.75, 3.05) is 13.1 Å². The lowest BCUT2D eigenvalue weighted by molar-refractivity contribution is -0.142. The maximum Gasteiger partial charge on any atom is 0.340 e. The van der Waals surface area contributed by atoms with E-state index in [2.05, 4.69) is 0 Å². The van der Waals surface area contributed by atoms with Gasteiger partial charge in [-0.25, -0.2) is 4.79 Å². The zero-order valence-electron chi connectivity index (χ0n) is 18.4. The minimum Gasteiger partial charge on any atom is -0.461 e. The number of fused-ring (bicyclic) bond motifs is 3. The van der Waals surface area contributed by atoms with Crippen LogP contribution in [0, 0.1) is 26.7 Å². The molecule has 6 nitrogen and oxygen atoms in total. The minimum atomic E-state index is -0.626. The molecule has 1 saturated carbocycles. The molecule has 1 amide bonds. The Balaban J connectivity index is 1.46. The Morgan fingerprint density at radius 1 is 1.10 bits per heavy atom. The molecule has 31 heavy (non-hydrogen) atoms. The van der Waals surface area contributed by atoms with Crippen molar-refractivity contribution in [2.45, 2.75) is 64.9 Å². The third-order valence-electron chi connectivity index (χ3n) is 7.69. The van der Waals surface area contributed by atoms with Crippen molar-refractivity contribution in [3.05, 3.63) is 45.0 Å². The van der Waals surface area contributed by atoms with Gasteiger partial charge in [-0.05, 0) is 57.2 Å². The van der Waals surface area contributed by atoms with Crippen LogP contribution in [-0.4, -0.2) is 34.6 Å². The van der Waals surface area contributed by atoms with Crippen molar-refractivity contribution < 1.29 is 18.7 Å². The molecule has 0 radical (unpaired) electrons. The van der Waals surface area contributed by atoms with Crippen molar-refractivity contribution in [3.8, 4) is 0 Å². The number of carbonyl (C=O) groups excluding carboxylic acids is 1. The lowest BCUT2D eigenvalue weighted by Crippen LogP contribution is -2.55. The number of likely N-dealkylation sites (tertiary alicyclic amines) is 1. The largest absolute Gasteiger partial charge is 0.461 e. The fourth-order valence-electron chi connectivity index (χ4n) is 5.49. The summed E-state index contributed by atoms with van der Waals surface area (Å²) in [6.45, 7) is 6.92. The zero-order chi connectivity index (χ0) is 21.9. The smallest absolute Gasteiger partial charge is 0.340 e. The summed E-state index contributed by atoms with van der Waals surface area (Å²) in [5.74, 6) is 0.904. The number of rotatable bonds is 2. The number of amides is 1. The number of hydrogen-bond donors (Lipinski definition) is 1. The van der Waals surface area contributed by atoms with E-state index in [1.807, 2.05) is 31.7 Å². The molecule has 0 unspecified atom stereocenters. The van der Waals surface area contributed by atoms with Gasteiger partial charge in [0.05, 0.1) is 17.6 Å². The van der Waals surface area contributed by atoms with Gasteiger partial charge in [0.15, 0.2) is 0 Å². The summed E-state index contributed by atoms with van der Waals surface area (Å²) in [6.07, 6.45) is 4.58. The van der Waals surface area contributed by atoms with Gasteiger partial charge in [0.1, 0.15) is 16.9 Å². The predicted octanol–water partition coefficient (Wildman–Crippen LogP) is 4.16. The van der Waals surface area contributed by atoms with E-state index >= 15 is 0 Å². The van der Waals surface area contributed by atoms with Gasteiger partial charge in [-0.3, -0.25) is 4.79 Å². The molecule has 6 heteroatoms. The molecule has 0 spiro atoms. The lowest BCUT2D eigenvalue weighted by atomic mass is 9.71. The van der Waals surface area contributed by atoms with E-state index in [1.165, 1.54) is 0 Å². The van der Waals surface area contributed by atoms with Crippen LogP contribution in [0.3, 0.4) is 0 Å². The van der Waals surface area contributed by atoms with Gasteiger partial charge in [0.2, 0.25) is 5.91 Å². The second-order valence-electron chi connectivity index (χ2n) is 9.43. The number of carbonyl (C=O) groups is 1. The summed E-state index contributed by atoms with van der Waals surface area (Å²) in [7, 11) is 0. The fourth-order valence-corrected chi connectivity index (χ4v) is 5.49. The maximum atomic E-state index is 13.1. The molecule has 0 bridgehead atoms. The Bertz CT molecular complexity index is 1250. The first-order valence-electron chi connectivity index (χ1n) is 11.2. The highest BCUT2D eigenvalue weighted by molar-refractivity contribution is 5.97. The van der Waals surface area contributed by atoms with E-state index in [1.54, 1.807) is 6.07 Å². The van der Waals surface area contributed by atoms with Crippen molar-refractivity contribution in [3.63, 3.8) is 0 Å². The molecule has 1 aliphatic heterocycles. The molecule has 3 heterocycles. The van der Waals surface area contributed by atoms with Gasteiger partial charge in [-0.15, -0.1) is 0 Å². The van der Waals surface area contributed by atoms with Gasteiger partial charge < -0.3 is 18.8 Å². The SMILES string of the molecule is Cc1oc2cc3oc(=O)c(CC(=O)N4CC[C@]5(O)CCCC[C@H]5C4)c(C)c3cc2c1C.